The first-order chi connectivity index (χ1) is 7.83. The maximum Gasteiger partial charge on any atom is 0.119 e. The maximum atomic E-state index is 6.12. The van der Waals surface area contributed by atoms with Crippen LogP contribution in [-0.4, -0.2) is 17.9 Å². The molecule has 3 aliphatic rings. The van der Waals surface area contributed by atoms with Crippen LogP contribution in [0.1, 0.15) is 70.6 Å². The topological polar surface area (TPSA) is 21.3 Å². The second-order valence-electron chi connectivity index (χ2n) is 6.12. The summed E-state index contributed by atoms with van der Waals surface area (Å²) in [5, 5.41) is 3.96. The predicted molar refractivity (Wildman–Crippen MR) is 65.3 cm³/mol. The third-order valence-electron chi connectivity index (χ3n) is 4.92. The molecule has 1 aliphatic heterocycles. The molecule has 1 N–H and O–H groups in total. The summed E-state index contributed by atoms with van der Waals surface area (Å²) in [6, 6.07) is 0. The molecule has 3 rings (SSSR count). The van der Waals surface area contributed by atoms with Gasteiger partial charge in [0, 0.05) is 5.54 Å². The van der Waals surface area contributed by atoms with Crippen LogP contribution in [0.3, 0.4) is 0 Å². The normalized spacial score (nSPS) is 33.0. The Morgan fingerprint density at radius 3 is 2.00 bits per heavy atom. The maximum absolute atomic E-state index is 6.12. The van der Waals surface area contributed by atoms with Crippen LogP contribution in [-0.2, 0) is 4.74 Å². The molecule has 92 valence electrons. The Bertz CT molecular complexity index is 204. The van der Waals surface area contributed by atoms with Gasteiger partial charge in [-0.05, 0) is 44.9 Å². The lowest BCUT2D eigenvalue weighted by molar-refractivity contribution is -0.156. The van der Waals surface area contributed by atoms with Crippen LogP contribution < -0.4 is 5.32 Å². The third kappa shape index (κ3) is 2.02. The number of hydrogen-bond acceptors (Lipinski definition) is 2. The second-order valence-corrected chi connectivity index (χ2v) is 6.12. The zero-order valence-electron chi connectivity index (χ0n) is 10.4. The van der Waals surface area contributed by atoms with E-state index in [4.69, 9.17) is 4.74 Å². The van der Waals surface area contributed by atoms with Crippen molar-refractivity contribution in [1.29, 1.82) is 0 Å². The van der Waals surface area contributed by atoms with Crippen LogP contribution in [0.25, 0.3) is 0 Å². The van der Waals surface area contributed by atoms with E-state index < -0.39 is 0 Å². The van der Waals surface area contributed by atoms with Crippen LogP contribution in [0.4, 0.5) is 0 Å². The Morgan fingerprint density at radius 2 is 1.31 bits per heavy atom. The largest absolute Gasteiger partial charge is 0.361 e. The van der Waals surface area contributed by atoms with Crippen molar-refractivity contribution in [3.05, 3.63) is 0 Å². The summed E-state index contributed by atoms with van der Waals surface area (Å²) >= 11 is 0. The van der Waals surface area contributed by atoms with Gasteiger partial charge in [0.2, 0.25) is 0 Å². The molecule has 0 atom stereocenters. The second kappa shape index (κ2) is 4.30. The van der Waals surface area contributed by atoms with Gasteiger partial charge in [-0.3, -0.25) is 5.32 Å². The number of hydrogen-bond donors (Lipinski definition) is 1. The van der Waals surface area contributed by atoms with E-state index in [1.54, 1.807) is 0 Å². The quantitative estimate of drug-likeness (QED) is 0.680. The smallest absolute Gasteiger partial charge is 0.119 e. The van der Waals surface area contributed by atoms with E-state index in [9.17, 15) is 0 Å². The molecule has 0 radical (unpaired) electrons. The first-order valence-electron chi connectivity index (χ1n) is 7.26. The van der Waals surface area contributed by atoms with E-state index in [0.717, 1.165) is 6.61 Å². The van der Waals surface area contributed by atoms with Crippen LogP contribution >= 0.6 is 0 Å². The van der Waals surface area contributed by atoms with Crippen LogP contribution in [0.2, 0.25) is 0 Å². The first kappa shape index (κ1) is 11.0. The molecule has 0 bridgehead atoms. The molecular weight excluding hydrogens is 198 g/mol. The summed E-state index contributed by atoms with van der Waals surface area (Å²) in [6.07, 6.45) is 14.9. The van der Waals surface area contributed by atoms with Crippen molar-refractivity contribution in [3.8, 4) is 0 Å². The van der Waals surface area contributed by atoms with E-state index in [2.05, 4.69) is 5.32 Å². The van der Waals surface area contributed by atoms with E-state index in [1.807, 2.05) is 0 Å². The fourth-order valence-electron chi connectivity index (χ4n) is 4.02. The summed E-state index contributed by atoms with van der Waals surface area (Å²) in [6.45, 7) is 0.993. The highest BCUT2D eigenvalue weighted by Crippen LogP contribution is 2.41. The van der Waals surface area contributed by atoms with Gasteiger partial charge in [-0.1, -0.05) is 25.7 Å². The van der Waals surface area contributed by atoms with Crippen molar-refractivity contribution in [2.45, 2.75) is 81.9 Å². The van der Waals surface area contributed by atoms with E-state index in [0.29, 0.717) is 5.54 Å². The highest BCUT2D eigenvalue weighted by molar-refractivity contribution is 4.99. The SMILES string of the molecule is C1CCC2(CC1)CCOC1(CCCCC1)N2. The third-order valence-corrected chi connectivity index (χ3v) is 4.92. The number of rotatable bonds is 0. The van der Waals surface area contributed by atoms with Crippen molar-refractivity contribution >= 4 is 0 Å². The molecular formula is C14H25NO. The Kier molecular flexibility index (Phi) is 2.97. The van der Waals surface area contributed by atoms with E-state index in [1.165, 1.54) is 70.6 Å². The highest BCUT2D eigenvalue weighted by atomic mass is 16.5. The molecule has 0 aromatic rings. The van der Waals surface area contributed by atoms with E-state index >= 15 is 0 Å². The summed E-state index contributed by atoms with van der Waals surface area (Å²) < 4.78 is 6.12. The molecule has 3 fully saturated rings. The monoisotopic (exact) mass is 223 g/mol. The van der Waals surface area contributed by atoms with Gasteiger partial charge in [-0.15, -0.1) is 0 Å². The van der Waals surface area contributed by atoms with Gasteiger partial charge in [0.05, 0.1) is 6.61 Å². The van der Waals surface area contributed by atoms with Crippen LogP contribution in [0.5, 0.6) is 0 Å². The minimum atomic E-state index is 0.0772. The van der Waals surface area contributed by atoms with Gasteiger partial charge < -0.3 is 4.74 Å². The van der Waals surface area contributed by atoms with Crippen LogP contribution in [0, 0.1) is 0 Å². The summed E-state index contributed by atoms with van der Waals surface area (Å²) in [5.74, 6) is 0. The molecule has 0 aromatic carbocycles. The molecule has 1 saturated heterocycles. The van der Waals surface area contributed by atoms with Gasteiger partial charge in [0.25, 0.3) is 0 Å². The molecule has 16 heavy (non-hydrogen) atoms. The Hall–Kier alpha value is -0.0800. The minimum absolute atomic E-state index is 0.0772. The zero-order valence-corrected chi connectivity index (χ0v) is 10.4. The van der Waals surface area contributed by atoms with Crippen molar-refractivity contribution < 1.29 is 4.74 Å². The number of nitrogens with one attached hydrogen (secondary N) is 1. The highest BCUT2D eigenvalue weighted by Gasteiger charge is 2.45. The van der Waals surface area contributed by atoms with Gasteiger partial charge >= 0.3 is 0 Å². The lowest BCUT2D eigenvalue weighted by Gasteiger charge is -2.52. The van der Waals surface area contributed by atoms with Crippen molar-refractivity contribution in [3.63, 3.8) is 0 Å². The average Bonchev–Trinajstić information content (AvgIpc) is 2.31. The lowest BCUT2D eigenvalue weighted by Crippen LogP contribution is -2.64. The lowest BCUT2D eigenvalue weighted by atomic mass is 9.76. The Balaban J connectivity index is 1.72. The summed E-state index contributed by atoms with van der Waals surface area (Å²) in [4.78, 5) is 0. The number of ether oxygens (including phenoxy) is 1. The van der Waals surface area contributed by atoms with Gasteiger partial charge in [0.1, 0.15) is 5.72 Å². The Labute approximate surface area is 99.1 Å². The molecule has 1 heterocycles. The van der Waals surface area contributed by atoms with Crippen molar-refractivity contribution in [2.24, 2.45) is 0 Å². The van der Waals surface area contributed by atoms with Gasteiger partial charge in [-0.25, -0.2) is 0 Å². The van der Waals surface area contributed by atoms with Crippen molar-refractivity contribution in [2.75, 3.05) is 6.61 Å². The molecule has 2 heteroatoms. The Morgan fingerprint density at radius 1 is 0.688 bits per heavy atom. The minimum Gasteiger partial charge on any atom is -0.361 e. The molecule has 0 aromatic heterocycles. The first-order valence-corrected chi connectivity index (χ1v) is 7.26. The summed E-state index contributed by atoms with van der Waals surface area (Å²) in [5.41, 5.74) is 0.529. The van der Waals surface area contributed by atoms with E-state index in [-0.39, 0.29) is 5.72 Å². The molecule has 2 spiro atoms. The molecule has 0 unspecified atom stereocenters. The van der Waals surface area contributed by atoms with Gasteiger partial charge in [0.15, 0.2) is 0 Å². The van der Waals surface area contributed by atoms with Crippen molar-refractivity contribution in [1.82, 2.24) is 5.32 Å². The fraction of sp³-hybridized carbons (Fsp3) is 1.00. The summed E-state index contributed by atoms with van der Waals surface area (Å²) in [7, 11) is 0. The molecule has 0 amide bonds. The molecule has 2 saturated carbocycles. The zero-order chi connectivity index (χ0) is 10.9. The molecule has 2 nitrogen and oxygen atoms in total. The van der Waals surface area contributed by atoms with Crippen LogP contribution in [0.15, 0.2) is 0 Å². The van der Waals surface area contributed by atoms with Gasteiger partial charge in [-0.2, -0.15) is 0 Å². The average molecular weight is 223 g/mol. The predicted octanol–water partition coefficient (Wildman–Crippen LogP) is 3.36. The molecule has 2 aliphatic carbocycles. The fourth-order valence-corrected chi connectivity index (χ4v) is 4.02. The standard InChI is InChI=1S/C14H25NO/c1-3-7-13(8-4-1)11-12-16-14(15-13)9-5-2-6-10-14/h15H,1-12H2.